The van der Waals surface area contributed by atoms with Gasteiger partial charge >= 0.3 is 5.91 Å². The summed E-state index contributed by atoms with van der Waals surface area (Å²) < 4.78 is 6.36. The minimum Gasteiger partial charge on any atom is -0.474 e. The normalized spacial score (nSPS) is 25.4. The summed E-state index contributed by atoms with van der Waals surface area (Å²) in [5.41, 5.74) is 4.82. The Kier molecular flexibility index (Phi) is 5.20. The monoisotopic (exact) mass is 375 g/mol. The SMILES string of the molecule is CCNC1CCC(Oc2ncnc3sc4c(c23)[C@@H](CC([NH3+])=O)CC4)CC1. The maximum Gasteiger partial charge on any atom is 0.309 e. The van der Waals surface area contributed by atoms with Crippen LogP contribution < -0.4 is 15.8 Å². The summed E-state index contributed by atoms with van der Waals surface area (Å²) in [5, 5.41) is 4.58. The van der Waals surface area contributed by atoms with Crippen molar-refractivity contribution >= 4 is 27.5 Å². The number of hydrogen-bond acceptors (Lipinski definition) is 6. The molecule has 2 aliphatic rings. The first-order valence-electron chi connectivity index (χ1n) is 9.66. The predicted molar refractivity (Wildman–Crippen MR) is 101 cm³/mol. The van der Waals surface area contributed by atoms with E-state index >= 15 is 0 Å². The summed E-state index contributed by atoms with van der Waals surface area (Å²) in [5.74, 6) is 0.952. The summed E-state index contributed by atoms with van der Waals surface area (Å²) in [6, 6.07) is 0.614. The summed E-state index contributed by atoms with van der Waals surface area (Å²) in [4.78, 5) is 22.8. The van der Waals surface area contributed by atoms with Gasteiger partial charge in [0, 0.05) is 10.9 Å². The highest BCUT2D eigenvalue weighted by atomic mass is 32.1. The first kappa shape index (κ1) is 17.8. The number of carbonyl (C=O) groups is 1. The van der Waals surface area contributed by atoms with Crippen LogP contribution in [0.1, 0.15) is 61.8 Å². The highest BCUT2D eigenvalue weighted by Crippen LogP contribution is 2.47. The number of aromatic nitrogens is 2. The summed E-state index contributed by atoms with van der Waals surface area (Å²) in [6.45, 7) is 3.18. The molecule has 7 heteroatoms. The van der Waals surface area contributed by atoms with Gasteiger partial charge in [0.1, 0.15) is 17.3 Å². The molecule has 2 aromatic rings. The molecule has 4 rings (SSSR count). The van der Waals surface area contributed by atoms with Crippen molar-refractivity contribution in [2.75, 3.05) is 6.54 Å². The van der Waals surface area contributed by atoms with Gasteiger partial charge in [0.25, 0.3) is 0 Å². The van der Waals surface area contributed by atoms with E-state index in [0.717, 1.165) is 55.3 Å². The molecule has 1 fully saturated rings. The van der Waals surface area contributed by atoms with Gasteiger partial charge in [-0.3, -0.25) is 5.73 Å². The Hall–Kier alpha value is -1.57. The molecule has 0 radical (unpaired) electrons. The molecule has 2 aromatic heterocycles. The van der Waals surface area contributed by atoms with Crippen LogP contribution in [0.2, 0.25) is 0 Å². The fourth-order valence-corrected chi connectivity index (χ4v) is 5.67. The van der Waals surface area contributed by atoms with Gasteiger partial charge in [-0.2, -0.15) is 0 Å². The molecule has 0 unspecified atom stereocenters. The van der Waals surface area contributed by atoms with Crippen LogP contribution in [0.3, 0.4) is 0 Å². The minimum absolute atomic E-state index is 0.00302. The Bertz CT molecular complexity index is 798. The third-order valence-electron chi connectivity index (χ3n) is 5.61. The van der Waals surface area contributed by atoms with Crippen LogP contribution in [0, 0.1) is 0 Å². The molecule has 6 nitrogen and oxygen atoms in total. The van der Waals surface area contributed by atoms with E-state index in [0.29, 0.717) is 18.3 Å². The molecular formula is C19H27N4O2S+. The van der Waals surface area contributed by atoms with Gasteiger partial charge in [0.05, 0.1) is 11.8 Å². The molecule has 0 aromatic carbocycles. The van der Waals surface area contributed by atoms with Crippen molar-refractivity contribution in [2.45, 2.75) is 69.9 Å². The van der Waals surface area contributed by atoms with E-state index < -0.39 is 0 Å². The van der Waals surface area contributed by atoms with E-state index in [1.165, 1.54) is 10.4 Å². The van der Waals surface area contributed by atoms with E-state index in [2.05, 4.69) is 27.9 Å². The van der Waals surface area contributed by atoms with Crippen molar-refractivity contribution in [2.24, 2.45) is 0 Å². The molecule has 4 N–H and O–H groups in total. The molecule has 2 heterocycles. The van der Waals surface area contributed by atoms with Gasteiger partial charge in [-0.1, -0.05) is 6.92 Å². The first-order valence-corrected chi connectivity index (χ1v) is 10.5. The Balaban J connectivity index is 1.57. The van der Waals surface area contributed by atoms with Crippen molar-refractivity contribution in [3.05, 3.63) is 16.8 Å². The van der Waals surface area contributed by atoms with E-state index in [1.54, 1.807) is 17.7 Å². The fourth-order valence-electron chi connectivity index (χ4n) is 4.44. The highest BCUT2D eigenvalue weighted by Gasteiger charge is 2.32. The molecule has 2 aliphatic carbocycles. The molecule has 1 atom stereocenters. The van der Waals surface area contributed by atoms with Crippen LogP contribution in [0.15, 0.2) is 6.33 Å². The van der Waals surface area contributed by atoms with Crippen LogP contribution in [0.25, 0.3) is 10.2 Å². The number of amides is 1. The summed E-state index contributed by atoms with van der Waals surface area (Å²) in [6.07, 6.45) is 8.75. The lowest BCUT2D eigenvalue weighted by atomic mass is 9.93. The Morgan fingerprint density at radius 1 is 1.31 bits per heavy atom. The zero-order valence-corrected chi connectivity index (χ0v) is 16.1. The number of quaternary nitrogens is 1. The van der Waals surface area contributed by atoms with Crippen molar-refractivity contribution in [3.8, 4) is 5.88 Å². The average molecular weight is 376 g/mol. The standard InChI is InChI=1S/C19H26N4O2S/c1-2-21-12-4-6-13(7-5-12)25-18-17-16-11(9-15(20)24)3-8-14(16)26-19(17)23-10-22-18/h10-13,21H,2-9H2,1H3,(H2,20,24)/p+1/t11-,12?,13?/m1/s1. The van der Waals surface area contributed by atoms with E-state index in [-0.39, 0.29) is 17.9 Å². The van der Waals surface area contributed by atoms with Gasteiger partial charge in [-0.25, -0.2) is 14.8 Å². The largest absolute Gasteiger partial charge is 0.474 e. The smallest absolute Gasteiger partial charge is 0.309 e. The third kappa shape index (κ3) is 3.48. The Morgan fingerprint density at radius 2 is 2.12 bits per heavy atom. The number of ether oxygens (including phenoxy) is 1. The second-order valence-electron chi connectivity index (χ2n) is 7.43. The quantitative estimate of drug-likeness (QED) is 0.807. The van der Waals surface area contributed by atoms with Crippen LogP contribution in [0.5, 0.6) is 5.88 Å². The first-order chi connectivity index (χ1) is 12.7. The van der Waals surface area contributed by atoms with E-state index in [1.807, 2.05) is 0 Å². The van der Waals surface area contributed by atoms with Crippen molar-refractivity contribution in [1.82, 2.24) is 15.3 Å². The second kappa shape index (κ2) is 7.58. The van der Waals surface area contributed by atoms with Crippen LogP contribution in [0.4, 0.5) is 0 Å². The molecule has 1 amide bonds. The summed E-state index contributed by atoms with van der Waals surface area (Å²) >= 11 is 1.73. The van der Waals surface area contributed by atoms with Crippen molar-refractivity contribution in [3.63, 3.8) is 0 Å². The van der Waals surface area contributed by atoms with Gasteiger partial charge in [-0.15, -0.1) is 11.3 Å². The molecule has 140 valence electrons. The number of thiophene rings is 1. The zero-order chi connectivity index (χ0) is 18.1. The van der Waals surface area contributed by atoms with E-state index in [4.69, 9.17) is 4.74 Å². The molecule has 0 aliphatic heterocycles. The lowest BCUT2D eigenvalue weighted by molar-refractivity contribution is -0.306. The number of nitrogens with one attached hydrogen (secondary N) is 1. The number of nitrogens with zero attached hydrogens (tertiary/aromatic N) is 2. The predicted octanol–water partition coefficient (Wildman–Crippen LogP) is 2.18. The van der Waals surface area contributed by atoms with Gasteiger partial charge < -0.3 is 10.1 Å². The van der Waals surface area contributed by atoms with Gasteiger partial charge in [0.15, 0.2) is 0 Å². The average Bonchev–Trinajstić information content (AvgIpc) is 3.17. The topological polar surface area (TPSA) is 91.8 Å². The molecule has 0 saturated heterocycles. The summed E-state index contributed by atoms with van der Waals surface area (Å²) in [7, 11) is 0. The molecule has 1 saturated carbocycles. The van der Waals surface area contributed by atoms with Gasteiger partial charge in [-0.05, 0) is 56.6 Å². The minimum atomic E-state index is 0.00302. The third-order valence-corrected chi connectivity index (χ3v) is 6.79. The van der Waals surface area contributed by atoms with Crippen molar-refractivity contribution < 1.29 is 15.3 Å². The zero-order valence-electron chi connectivity index (χ0n) is 15.3. The van der Waals surface area contributed by atoms with Crippen LogP contribution >= 0.6 is 11.3 Å². The van der Waals surface area contributed by atoms with Crippen LogP contribution in [-0.4, -0.2) is 34.6 Å². The van der Waals surface area contributed by atoms with Crippen molar-refractivity contribution in [1.29, 1.82) is 0 Å². The number of carbonyl (C=O) groups excluding carboxylic acids is 1. The highest BCUT2D eigenvalue weighted by molar-refractivity contribution is 7.19. The number of hydrogen-bond donors (Lipinski definition) is 2. The number of rotatable bonds is 6. The maximum absolute atomic E-state index is 11.6. The second-order valence-corrected chi connectivity index (χ2v) is 8.51. The lowest BCUT2D eigenvalue weighted by Crippen LogP contribution is -2.57. The maximum atomic E-state index is 11.6. The van der Waals surface area contributed by atoms with Crippen LogP contribution in [-0.2, 0) is 11.2 Å². The molecule has 0 bridgehead atoms. The Labute approximate surface area is 157 Å². The lowest BCUT2D eigenvalue weighted by Gasteiger charge is -2.29. The number of aryl methyl sites for hydroxylation is 1. The number of fused-ring (bicyclic) bond motifs is 3. The molecule has 26 heavy (non-hydrogen) atoms. The van der Waals surface area contributed by atoms with E-state index in [9.17, 15) is 4.79 Å². The van der Waals surface area contributed by atoms with Gasteiger partial charge in [0.2, 0.25) is 5.88 Å². The Morgan fingerprint density at radius 3 is 2.85 bits per heavy atom. The fraction of sp³-hybridized carbons (Fsp3) is 0.632. The molecule has 0 spiro atoms. The molecular weight excluding hydrogens is 348 g/mol.